The minimum absolute atomic E-state index is 0.103. The molecule has 0 aliphatic carbocycles. The summed E-state index contributed by atoms with van der Waals surface area (Å²) in [4.78, 5) is 0. The minimum atomic E-state index is -3.12. The molecule has 8 heteroatoms. The van der Waals surface area contributed by atoms with Crippen LogP contribution in [0.25, 0.3) is 0 Å². The van der Waals surface area contributed by atoms with Gasteiger partial charge in [-0.1, -0.05) is 61.3 Å². The maximum Gasteiger partial charge on any atom is 0.508 e. The van der Waals surface area contributed by atoms with Crippen LogP contribution in [-0.4, -0.2) is 57.3 Å². The summed E-state index contributed by atoms with van der Waals surface area (Å²) in [6.45, 7) is 18.6. The molecule has 0 heterocycles. The standard InChI is InChI=1S/C23H52O6Si2/c1-8-15-16-23(30(24-17-9-2,25-18-10-3)26-19-11-4)31(27-20-12-5,28-21-13-6)29-22-14-7/h23H,8-22H2,1-7H3. The highest BCUT2D eigenvalue weighted by atomic mass is 28.5. The summed E-state index contributed by atoms with van der Waals surface area (Å²) in [6.07, 6.45) is 8.47. The van der Waals surface area contributed by atoms with Gasteiger partial charge in [0.05, 0.1) is 5.16 Å². The Labute approximate surface area is 195 Å². The van der Waals surface area contributed by atoms with Crippen molar-refractivity contribution in [3.8, 4) is 0 Å². The van der Waals surface area contributed by atoms with Crippen molar-refractivity contribution in [2.45, 2.75) is 111 Å². The lowest BCUT2D eigenvalue weighted by molar-refractivity contribution is 0.0204. The summed E-state index contributed by atoms with van der Waals surface area (Å²) in [5.41, 5.74) is 0. The summed E-state index contributed by atoms with van der Waals surface area (Å²) in [7, 11) is -6.25. The molecule has 0 bridgehead atoms. The summed E-state index contributed by atoms with van der Waals surface area (Å²) in [5.74, 6) is 0. The first-order valence-electron chi connectivity index (χ1n) is 12.9. The maximum absolute atomic E-state index is 6.58. The van der Waals surface area contributed by atoms with Gasteiger partial charge < -0.3 is 26.6 Å². The molecule has 0 saturated heterocycles. The molecule has 0 atom stereocenters. The Balaban J connectivity index is 6.46. The second kappa shape index (κ2) is 19.6. The Bertz CT molecular complexity index is 325. The lowest BCUT2D eigenvalue weighted by Gasteiger charge is -2.43. The van der Waals surface area contributed by atoms with Gasteiger partial charge in [-0.15, -0.1) is 0 Å². The largest absolute Gasteiger partial charge is 0.508 e. The third-order valence-electron chi connectivity index (χ3n) is 4.74. The van der Waals surface area contributed by atoms with Crippen LogP contribution >= 0.6 is 0 Å². The number of rotatable bonds is 23. The lowest BCUT2D eigenvalue weighted by Crippen LogP contribution is -2.64. The predicted octanol–water partition coefficient (Wildman–Crippen LogP) is 6.52. The van der Waals surface area contributed by atoms with E-state index in [1.807, 2.05) is 0 Å². The molecule has 0 amide bonds. The molecule has 0 aromatic heterocycles. The fraction of sp³-hybridized carbons (Fsp3) is 1.00. The van der Waals surface area contributed by atoms with Crippen LogP contribution in [0.5, 0.6) is 0 Å². The fourth-order valence-electron chi connectivity index (χ4n) is 3.30. The van der Waals surface area contributed by atoms with Crippen LogP contribution in [0.15, 0.2) is 0 Å². The van der Waals surface area contributed by atoms with Crippen molar-refractivity contribution in [1.82, 2.24) is 0 Å². The quantitative estimate of drug-likeness (QED) is 0.155. The van der Waals surface area contributed by atoms with E-state index in [0.29, 0.717) is 39.6 Å². The second-order valence-corrected chi connectivity index (χ2v) is 14.1. The molecular weight excluding hydrogens is 428 g/mol. The van der Waals surface area contributed by atoms with Crippen molar-refractivity contribution in [3.63, 3.8) is 0 Å². The van der Waals surface area contributed by atoms with Gasteiger partial charge in [-0.3, -0.25) is 0 Å². The molecule has 0 saturated carbocycles. The summed E-state index contributed by atoms with van der Waals surface area (Å²) in [6, 6.07) is 0. The van der Waals surface area contributed by atoms with Gasteiger partial charge in [0.1, 0.15) is 0 Å². The average Bonchev–Trinajstić information content (AvgIpc) is 2.80. The highest BCUT2D eigenvalue weighted by Crippen LogP contribution is 2.41. The van der Waals surface area contributed by atoms with Crippen molar-refractivity contribution in [1.29, 1.82) is 0 Å². The Hall–Kier alpha value is 0.194. The smallest absolute Gasteiger partial charge is 0.373 e. The molecule has 0 aromatic rings. The van der Waals surface area contributed by atoms with Gasteiger partial charge in [0, 0.05) is 39.6 Å². The third kappa shape index (κ3) is 11.2. The van der Waals surface area contributed by atoms with Crippen LogP contribution in [0, 0.1) is 0 Å². The molecular formula is C23H52O6Si2. The lowest BCUT2D eigenvalue weighted by atomic mass is 10.3. The Morgan fingerprint density at radius 2 is 0.677 bits per heavy atom. The normalized spacial score (nSPS) is 12.8. The van der Waals surface area contributed by atoms with Crippen molar-refractivity contribution in [3.05, 3.63) is 0 Å². The zero-order valence-electron chi connectivity index (χ0n) is 21.6. The van der Waals surface area contributed by atoms with Crippen LogP contribution in [0.1, 0.15) is 106 Å². The third-order valence-corrected chi connectivity index (χ3v) is 12.8. The number of unbranched alkanes of at least 4 members (excludes halogenated alkanes) is 1. The van der Waals surface area contributed by atoms with Crippen LogP contribution in [0.2, 0.25) is 5.16 Å². The van der Waals surface area contributed by atoms with E-state index in [4.69, 9.17) is 26.6 Å². The Morgan fingerprint density at radius 3 is 0.871 bits per heavy atom. The first-order chi connectivity index (χ1) is 15.1. The van der Waals surface area contributed by atoms with E-state index in [9.17, 15) is 0 Å². The zero-order valence-corrected chi connectivity index (χ0v) is 23.6. The van der Waals surface area contributed by atoms with Crippen LogP contribution in [0.3, 0.4) is 0 Å². The van der Waals surface area contributed by atoms with Crippen LogP contribution in [-0.2, 0) is 26.6 Å². The van der Waals surface area contributed by atoms with Crippen molar-refractivity contribution < 1.29 is 26.6 Å². The van der Waals surface area contributed by atoms with Gasteiger partial charge in [-0.2, -0.15) is 0 Å². The van der Waals surface area contributed by atoms with E-state index in [-0.39, 0.29) is 5.16 Å². The van der Waals surface area contributed by atoms with Gasteiger partial charge in [0.15, 0.2) is 0 Å². The summed E-state index contributed by atoms with van der Waals surface area (Å²) >= 11 is 0. The van der Waals surface area contributed by atoms with E-state index >= 15 is 0 Å². The average molecular weight is 481 g/mol. The fourth-order valence-corrected chi connectivity index (χ4v) is 12.3. The molecule has 0 rings (SSSR count). The summed E-state index contributed by atoms with van der Waals surface area (Å²) < 4.78 is 39.5. The van der Waals surface area contributed by atoms with E-state index in [0.717, 1.165) is 57.8 Å². The summed E-state index contributed by atoms with van der Waals surface area (Å²) in [5, 5.41) is -0.103. The van der Waals surface area contributed by atoms with Crippen LogP contribution < -0.4 is 0 Å². The van der Waals surface area contributed by atoms with Crippen molar-refractivity contribution in [2.75, 3.05) is 39.6 Å². The molecule has 188 valence electrons. The van der Waals surface area contributed by atoms with E-state index in [2.05, 4.69) is 48.5 Å². The number of hydrogen-bond acceptors (Lipinski definition) is 6. The van der Waals surface area contributed by atoms with Gasteiger partial charge in [-0.25, -0.2) is 0 Å². The number of hydrogen-bond donors (Lipinski definition) is 0. The van der Waals surface area contributed by atoms with Crippen LogP contribution in [0.4, 0.5) is 0 Å². The first-order valence-corrected chi connectivity index (χ1v) is 16.5. The monoisotopic (exact) mass is 480 g/mol. The zero-order chi connectivity index (χ0) is 23.4. The van der Waals surface area contributed by atoms with Gasteiger partial charge in [0.2, 0.25) is 0 Å². The minimum Gasteiger partial charge on any atom is -0.373 e. The van der Waals surface area contributed by atoms with Gasteiger partial charge >= 0.3 is 17.6 Å². The first kappa shape index (κ1) is 31.2. The van der Waals surface area contributed by atoms with Crippen molar-refractivity contribution >= 4 is 17.6 Å². The SMILES string of the molecule is CCCCC([Si](OCCC)(OCCC)OCCC)[Si](OCCC)(OCCC)OCCC. The highest BCUT2D eigenvalue weighted by molar-refractivity contribution is 6.82. The molecule has 0 fully saturated rings. The molecule has 0 unspecified atom stereocenters. The molecule has 0 spiro atoms. The molecule has 31 heavy (non-hydrogen) atoms. The molecule has 0 aliphatic heterocycles. The molecule has 0 radical (unpaired) electrons. The topological polar surface area (TPSA) is 55.4 Å². The van der Waals surface area contributed by atoms with E-state index in [1.54, 1.807) is 0 Å². The second-order valence-electron chi connectivity index (χ2n) is 7.99. The molecule has 0 aromatic carbocycles. The Morgan fingerprint density at radius 1 is 0.419 bits per heavy atom. The van der Waals surface area contributed by atoms with Gasteiger partial charge in [-0.05, 0) is 44.9 Å². The van der Waals surface area contributed by atoms with E-state index < -0.39 is 17.6 Å². The molecule has 0 N–H and O–H groups in total. The highest BCUT2D eigenvalue weighted by Gasteiger charge is 2.65. The molecule has 0 aliphatic rings. The van der Waals surface area contributed by atoms with Gasteiger partial charge in [0.25, 0.3) is 0 Å². The molecule has 6 nitrogen and oxygen atoms in total. The Kier molecular flexibility index (Phi) is 19.8. The van der Waals surface area contributed by atoms with Crippen molar-refractivity contribution in [2.24, 2.45) is 0 Å². The van der Waals surface area contributed by atoms with E-state index in [1.165, 1.54) is 0 Å². The maximum atomic E-state index is 6.58. The predicted molar refractivity (Wildman–Crippen MR) is 132 cm³/mol.